The zero-order chi connectivity index (χ0) is 17.4. The summed E-state index contributed by atoms with van der Waals surface area (Å²) in [5, 5.41) is 4.25. The Kier molecular flexibility index (Phi) is 4.33. The number of hydrogen-bond donors (Lipinski definition) is 0. The van der Waals surface area contributed by atoms with Crippen LogP contribution in [0.4, 0.5) is 0 Å². The van der Waals surface area contributed by atoms with Crippen LogP contribution in [-0.2, 0) is 17.8 Å². The molecule has 3 aromatic heterocycles. The number of amides is 1. The number of aryl methyl sites for hydroxylation is 1. The molecule has 1 saturated heterocycles. The molecule has 0 N–H and O–H groups in total. The predicted octanol–water partition coefficient (Wildman–Crippen LogP) is 2.68. The summed E-state index contributed by atoms with van der Waals surface area (Å²) < 4.78 is 4.22. The van der Waals surface area contributed by atoms with Crippen molar-refractivity contribution >= 4 is 33.0 Å². The summed E-state index contributed by atoms with van der Waals surface area (Å²) in [6.45, 7) is 3.72. The maximum Gasteiger partial charge on any atom is 0.291 e. The number of nitrogens with zero attached hydrogens (tertiary/aromatic N) is 4. The van der Waals surface area contributed by atoms with Gasteiger partial charge in [0, 0.05) is 18.0 Å². The number of hydrogen-bond acceptors (Lipinski definition) is 4. The Balaban J connectivity index is 1.65. The zero-order valence-corrected chi connectivity index (χ0v) is 15.2. The lowest BCUT2D eigenvalue weighted by molar-refractivity contribution is -0.132. The Bertz CT molecular complexity index is 976. The Morgan fingerprint density at radius 1 is 1.16 bits per heavy atom. The molecule has 1 aliphatic heterocycles. The fourth-order valence-corrected chi connectivity index (χ4v) is 4.51. The highest BCUT2D eigenvalue weighted by atomic mass is 32.1. The molecule has 25 heavy (non-hydrogen) atoms. The van der Waals surface area contributed by atoms with Gasteiger partial charge in [-0.1, -0.05) is 19.8 Å². The standard InChI is InChI=1S/C18H22N4O2S/c1-2-13-9-14-16(25-13)10-15-18(24)22(19-12-21(14)15)11-17(23)20-7-5-3-4-6-8-20/h9-10,12H,2-8,11H2,1H3. The number of rotatable bonds is 3. The van der Waals surface area contributed by atoms with E-state index >= 15 is 0 Å². The molecule has 132 valence electrons. The molecule has 1 fully saturated rings. The molecular weight excluding hydrogens is 336 g/mol. The maximum absolute atomic E-state index is 12.8. The second-order valence-corrected chi connectivity index (χ2v) is 7.77. The highest BCUT2D eigenvalue weighted by Crippen LogP contribution is 2.28. The lowest BCUT2D eigenvalue weighted by Gasteiger charge is -2.20. The van der Waals surface area contributed by atoms with Gasteiger partial charge >= 0.3 is 0 Å². The van der Waals surface area contributed by atoms with E-state index in [2.05, 4.69) is 18.1 Å². The largest absolute Gasteiger partial charge is 0.341 e. The molecule has 4 rings (SSSR count). The van der Waals surface area contributed by atoms with Crippen LogP contribution in [0.15, 0.2) is 23.3 Å². The lowest BCUT2D eigenvalue weighted by Crippen LogP contribution is -2.38. The second kappa shape index (κ2) is 6.63. The third-order valence-electron chi connectivity index (χ3n) is 4.93. The summed E-state index contributed by atoms with van der Waals surface area (Å²) in [5.41, 5.74) is 1.40. The van der Waals surface area contributed by atoms with E-state index in [0.717, 1.165) is 42.6 Å². The van der Waals surface area contributed by atoms with Gasteiger partial charge in [-0.15, -0.1) is 11.3 Å². The number of fused-ring (bicyclic) bond motifs is 3. The maximum atomic E-state index is 12.8. The third kappa shape index (κ3) is 2.97. The molecule has 0 aliphatic carbocycles. The van der Waals surface area contributed by atoms with Gasteiger partial charge in [-0.2, -0.15) is 5.10 Å². The number of thiophene rings is 1. The first-order chi connectivity index (χ1) is 12.2. The van der Waals surface area contributed by atoms with Crippen LogP contribution in [0.2, 0.25) is 0 Å². The van der Waals surface area contributed by atoms with Crippen LogP contribution >= 0.6 is 11.3 Å². The van der Waals surface area contributed by atoms with E-state index in [1.165, 1.54) is 22.4 Å². The predicted molar refractivity (Wildman–Crippen MR) is 99.3 cm³/mol. The highest BCUT2D eigenvalue weighted by molar-refractivity contribution is 7.19. The average molecular weight is 358 g/mol. The minimum Gasteiger partial charge on any atom is -0.341 e. The zero-order valence-electron chi connectivity index (χ0n) is 14.4. The Morgan fingerprint density at radius 2 is 1.92 bits per heavy atom. The topological polar surface area (TPSA) is 59.6 Å². The second-order valence-electron chi connectivity index (χ2n) is 6.60. The van der Waals surface area contributed by atoms with Crippen LogP contribution in [0, 0.1) is 0 Å². The number of aromatic nitrogens is 3. The van der Waals surface area contributed by atoms with Crippen molar-refractivity contribution < 1.29 is 4.79 Å². The summed E-state index contributed by atoms with van der Waals surface area (Å²) in [4.78, 5) is 28.4. The highest BCUT2D eigenvalue weighted by Gasteiger charge is 2.18. The van der Waals surface area contributed by atoms with E-state index in [4.69, 9.17) is 0 Å². The first-order valence-corrected chi connectivity index (χ1v) is 9.76. The molecule has 0 spiro atoms. The SMILES string of the molecule is CCc1cc2c(cc3c(=O)n(CC(=O)N4CCCCCC4)ncn32)s1. The van der Waals surface area contributed by atoms with Crippen LogP contribution < -0.4 is 5.56 Å². The Labute approximate surface area is 149 Å². The number of likely N-dealkylation sites (tertiary alicyclic amines) is 1. The molecule has 1 amide bonds. The van der Waals surface area contributed by atoms with Gasteiger partial charge in [-0.25, -0.2) is 4.68 Å². The van der Waals surface area contributed by atoms with Crippen molar-refractivity contribution in [2.45, 2.75) is 45.6 Å². The molecule has 4 heterocycles. The van der Waals surface area contributed by atoms with E-state index in [1.54, 1.807) is 17.7 Å². The normalized spacial score (nSPS) is 15.8. The fourth-order valence-electron chi connectivity index (χ4n) is 3.48. The molecular formula is C18H22N4O2S. The van der Waals surface area contributed by atoms with Crippen molar-refractivity contribution in [1.82, 2.24) is 19.1 Å². The van der Waals surface area contributed by atoms with Gasteiger partial charge in [0.05, 0.1) is 10.2 Å². The van der Waals surface area contributed by atoms with E-state index in [9.17, 15) is 9.59 Å². The van der Waals surface area contributed by atoms with Gasteiger partial charge < -0.3 is 4.90 Å². The molecule has 7 heteroatoms. The van der Waals surface area contributed by atoms with Crippen molar-refractivity contribution in [2.24, 2.45) is 0 Å². The first-order valence-electron chi connectivity index (χ1n) is 8.94. The van der Waals surface area contributed by atoms with Gasteiger partial charge in [0.1, 0.15) is 18.4 Å². The quantitative estimate of drug-likeness (QED) is 0.723. The van der Waals surface area contributed by atoms with Gasteiger partial charge in [0.2, 0.25) is 5.91 Å². The summed E-state index contributed by atoms with van der Waals surface area (Å²) in [6.07, 6.45) is 7.07. The number of carbonyl (C=O) groups excluding carboxylic acids is 1. The monoisotopic (exact) mass is 358 g/mol. The lowest BCUT2D eigenvalue weighted by atomic mass is 10.2. The van der Waals surface area contributed by atoms with Crippen LogP contribution in [0.25, 0.3) is 15.7 Å². The molecule has 3 aromatic rings. The van der Waals surface area contributed by atoms with E-state index in [0.29, 0.717) is 5.52 Å². The minimum atomic E-state index is -0.202. The van der Waals surface area contributed by atoms with Gasteiger partial charge in [0.15, 0.2) is 0 Å². The van der Waals surface area contributed by atoms with Crippen molar-refractivity contribution in [3.63, 3.8) is 0 Å². The Hall–Kier alpha value is -2.15. The van der Waals surface area contributed by atoms with Crippen LogP contribution in [-0.4, -0.2) is 38.1 Å². The van der Waals surface area contributed by atoms with Crippen molar-refractivity contribution in [3.8, 4) is 0 Å². The molecule has 1 aliphatic rings. The fraction of sp³-hybridized carbons (Fsp3) is 0.500. The smallest absolute Gasteiger partial charge is 0.291 e. The molecule has 0 saturated carbocycles. The summed E-state index contributed by atoms with van der Waals surface area (Å²) in [6, 6.07) is 4.02. The molecule has 0 unspecified atom stereocenters. The van der Waals surface area contributed by atoms with E-state index in [-0.39, 0.29) is 18.0 Å². The van der Waals surface area contributed by atoms with Gasteiger partial charge in [-0.05, 0) is 31.4 Å². The number of carbonyl (C=O) groups is 1. The minimum absolute atomic E-state index is 0.0116. The molecule has 6 nitrogen and oxygen atoms in total. The average Bonchev–Trinajstić information content (AvgIpc) is 3.03. The first kappa shape index (κ1) is 16.3. The van der Waals surface area contributed by atoms with Crippen LogP contribution in [0.5, 0.6) is 0 Å². The van der Waals surface area contributed by atoms with Crippen molar-refractivity contribution in [3.05, 3.63) is 33.7 Å². The molecule has 0 bridgehead atoms. The van der Waals surface area contributed by atoms with E-state index < -0.39 is 0 Å². The summed E-state index contributed by atoms with van der Waals surface area (Å²) in [7, 11) is 0. The molecule has 0 radical (unpaired) electrons. The van der Waals surface area contributed by atoms with Gasteiger partial charge in [-0.3, -0.25) is 14.0 Å². The summed E-state index contributed by atoms with van der Waals surface area (Å²) in [5.74, 6) is -0.0116. The van der Waals surface area contributed by atoms with Crippen LogP contribution in [0.3, 0.4) is 0 Å². The third-order valence-corrected chi connectivity index (χ3v) is 6.15. The van der Waals surface area contributed by atoms with Crippen molar-refractivity contribution in [2.75, 3.05) is 13.1 Å². The summed E-state index contributed by atoms with van der Waals surface area (Å²) >= 11 is 1.70. The molecule has 0 atom stereocenters. The van der Waals surface area contributed by atoms with Crippen molar-refractivity contribution in [1.29, 1.82) is 0 Å². The molecule has 0 aromatic carbocycles. The van der Waals surface area contributed by atoms with Crippen LogP contribution in [0.1, 0.15) is 37.5 Å². The van der Waals surface area contributed by atoms with E-state index in [1.807, 2.05) is 15.4 Å². The Morgan fingerprint density at radius 3 is 2.64 bits per heavy atom. The van der Waals surface area contributed by atoms with Gasteiger partial charge in [0.25, 0.3) is 5.56 Å².